The van der Waals surface area contributed by atoms with E-state index < -0.39 is 35.0 Å². The minimum atomic E-state index is -1.26. The van der Waals surface area contributed by atoms with Crippen molar-refractivity contribution in [3.8, 4) is 0 Å². The normalized spacial score (nSPS) is 35.9. The topological polar surface area (TPSA) is 141 Å². The number of ketones is 1. The molecule has 0 aromatic rings. The minimum Gasteiger partial charge on any atom is -0.478 e. The van der Waals surface area contributed by atoms with Gasteiger partial charge in [-0.1, -0.05) is 47.6 Å². The summed E-state index contributed by atoms with van der Waals surface area (Å²) in [5.41, 5.74) is -1.25. The van der Waals surface area contributed by atoms with Gasteiger partial charge in [0.1, 0.15) is 11.9 Å². The summed E-state index contributed by atoms with van der Waals surface area (Å²) in [6.45, 7) is 20.0. The highest BCUT2D eigenvalue weighted by atomic mass is 32.2. The van der Waals surface area contributed by atoms with E-state index in [1.54, 1.807) is 11.8 Å². The van der Waals surface area contributed by atoms with Crippen LogP contribution in [0, 0.1) is 34.0 Å². The number of hydrogen-bond donors (Lipinski definition) is 3. The monoisotopic (exact) mass is 609 g/mol. The van der Waals surface area contributed by atoms with Crippen LogP contribution in [0.4, 0.5) is 0 Å². The highest BCUT2D eigenvalue weighted by Gasteiger charge is 2.68. The number of hydrogen-bond acceptors (Lipinski definition) is 8. The van der Waals surface area contributed by atoms with Gasteiger partial charge in [-0.3, -0.25) is 9.59 Å². The Morgan fingerprint density at radius 1 is 1.10 bits per heavy atom. The number of carboxylic acids is 2. The molecule has 0 aromatic heterocycles. The van der Waals surface area contributed by atoms with Crippen LogP contribution >= 0.6 is 11.8 Å². The lowest BCUT2D eigenvalue weighted by molar-refractivity contribution is -0.205. The predicted octanol–water partition coefficient (Wildman–Crippen LogP) is 4.68. The van der Waals surface area contributed by atoms with Crippen LogP contribution in [-0.4, -0.2) is 87.3 Å². The molecule has 8 atom stereocenters. The van der Waals surface area contributed by atoms with Gasteiger partial charge in [0.15, 0.2) is 0 Å². The summed E-state index contributed by atoms with van der Waals surface area (Å²) < 4.78 is 6.30. The summed E-state index contributed by atoms with van der Waals surface area (Å²) in [5.74, 6) is -1.14. The molecule has 0 saturated heterocycles. The quantitative estimate of drug-likeness (QED) is 0.131. The Hall–Kier alpha value is -2.17. The van der Waals surface area contributed by atoms with E-state index in [4.69, 9.17) is 14.9 Å². The number of carbonyl (C=O) groups excluding carboxylic acids is 2. The first-order valence-corrected chi connectivity index (χ1v) is 16.3. The van der Waals surface area contributed by atoms with Crippen molar-refractivity contribution in [2.24, 2.45) is 34.0 Å². The van der Waals surface area contributed by atoms with Crippen LogP contribution in [0.25, 0.3) is 0 Å². The molecule has 3 fully saturated rings. The van der Waals surface area contributed by atoms with Gasteiger partial charge in [0.05, 0.1) is 11.9 Å². The number of thioether (sulfide) groups is 1. The third-order valence-corrected chi connectivity index (χ3v) is 11.5. The molecule has 0 aliphatic heterocycles. The van der Waals surface area contributed by atoms with Crippen molar-refractivity contribution >= 4 is 35.5 Å². The Morgan fingerprint density at radius 2 is 1.69 bits per heavy atom. The lowest BCUT2D eigenvalue weighted by Crippen LogP contribution is -2.63. The number of Topliss-reactive ketones (excluding diaryl/α,β-unsaturated/α-hetero) is 1. The largest absolute Gasteiger partial charge is 0.478 e. The molecule has 3 rings (SSSR count). The van der Waals surface area contributed by atoms with Gasteiger partial charge in [0.2, 0.25) is 0 Å². The van der Waals surface area contributed by atoms with Crippen molar-refractivity contribution in [2.45, 2.75) is 85.9 Å². The van der Waals surface area contributed by atoms with E-state index in [1.165, 1.54) is 0 Å². The molecule has 1 unspecified atom stereocenters. The fourth-order valence-corrected chi connectivity index (χ4v) is 8.49. The molecule has 3 aliphatic rings. The van der Waals surface area contributed by atoms with E-state index in [1.807, 2.05) is 13.0 Å². The molecule has 0 radical (unpaired) electrons. The fourth-order valence-electron chi connectivity index (χ4n) is 7.73. The smallest absolute Gasteiger partial charge is 0.328 e. The van der Waals surface area contributed by atoms with Crippen LogP contribution in [0.2, 0.25) is 0 Å². The van der Waals surface area contributed by atoms with E-state index in [2.05, 4.69) is 46.1 Å². The van der Waals surface area contributed by atoms with Crippen molar-refractivity contribution in [2.75, 3.05) is 31.1 Å². The van der Waals surface area contributed by atoms with Gasteiger partial charge < -0.3 is 25.0 Å². The van der Waals surface area contributed by atoms with Crippen LogP contribution in [-0.2, 0) is 23.9 Å². The Labute approximate surface area is 255 Å². The van der Waals surface area contributed by atoms with E-state index in [0.29, 0.717) is 36.5 Å². The molecule has 3 N–H and O–H groups in total. The van der Waals surface area contributed by atoms with Gasteiger partial charge >= 0.3 is 17.9 Å². The molecule has 238 valence electrons. The summed E-state index contributed by atoms with van der Waals surface area (Å²) in [4.78, 5) is 48.0. The number of nitrogens with zero attached hydrogens (tertiary/aromatic N) is 1. The second kappa shape index (κ2) is 15.0. The molecule has 0 aromatic carbocycles. The van der Waals surface area contributed by atoms with Crippen molar-refractivity contribution < 1.29 is 39.2 Å². The first-order valence-electron chi connectivity index (χ1n) is 15.1. The van der Waals surface area contributed by atoms with Gasteiger partial charge in [-0.25, -0.2) is 9.59 Å². The molecular weight excluding hydrogens is 558 g/mol. The number of rotatable bonds is 11. The predicted molar refractivity (Wildman–Crippen MR) is 164 cm³/mol. The number of aliphatic hydroxyl groups is 1. The van der Waals surface area contributed by atoms with Crippen molar-refractivity contribution in [1.29, 1.82) is 0 Å². The highest BCUT2D eigenvalue weighted by Crippen LogP contribution is 2.68. The minimum absolute atomic E-state index is 0.00828. The summed E-state index contributed by atoms with van der Waals surface area (Å²) in [5, 5.41) is 27.2. The molecule has 10 heteroatoms. The maximum atomic E-state index is 13.4. The lowest BCUT2D eigenvalue weighted by atomic mass is 9.44. The number of aliphatic carboxylic acids is 2. The Kier molecular flexibility index (Phi) is 12.9. The Bertz CT molecular complexity index is 1010. The maximum Gasteiger partial charge on any atom is 0.328 e. The summed E-state index contributed by atoms with van der Waals surface area (Å²) in [7, 11) is 0. The zero-order valence-electron chi connectivity index (χ0n) is 26.1. The highest BCUT2D eigenvalue weighted by molar-refractivity contribution is 7.99. The van der Waals surface area contributed by atoms with Crippen molar-refractivity contribution in [3.63, 3.8) is 0 Å². The van der Waals surface area contributed by atoms with Crippen LogP contribution in [0.1, 0.15) is 73.6 Å². The Balaban J connectivity index is 0.000000675. The average molecular weight is 610 g/mol. The molecule has 0 spiro atoms. The molecule has 0 heterocycles. The molecule has 9 nitrogen and oxygen atoms in total. The molecule has 42 heavy (non-hydrogen) atoms. The zero-order chi connectivity index (χ0) is 31.9. The van der Waals surface area contributed by atoms with Crippen molar-refractivity contribution in [3.05, 3.63) is 24.8 Å². The first-order chi connectivity index (χ1) is 19.6. The van der Waals surface area contributed by atoms with Gasteiger partial charge in [0, 0.05) is 47.6 Å². The summed E-state index contributed by atoms with van der Waals surface area (Å²) >= 11 is 1.61. The third kappa shape index (κ3) is 7.66. The van der Waals surface area contributed by atoms with Gasteiger partial charge in [-0.15, -0.1) is 18.3 Å². The van der Waals surface area contributed by atoms with E-state index in [-0.39, 0.29) is 29.1 Å². The fraction of sp³-hybridized carbons (Fsp3) is 0.750. The van der Waals surface area contributed by atoms with Gasteiger partial charge in [-0.05, 0) is 56.0 Å². The molecule has 0 amide bonds. The van der Waals surface area contributed by atoms with Gasteiger partial charge in [0.25, 0.3) is 0 Å². The second-order valence-electron chi connectivity index (χ2n) is 12.7. The summed E-state index contributed by atoms with van der Waals surface area (Å²) in [6, 6.07) is 0. The number of carbonyl (C=O) groups is 4. The SMILES string of the molecule is C=C[C@]1(C)C[C@@H](OC(=O)CSCCN(CC)CC)[C@@]2(C)[C@H](C)CCC3(CCC(=O)[C@@H]32)[C@@H](C)[C@@H]1O.O=C(O)/C=C/C(=O)O. The van der Waals surface area contributed by atoms with Crippen LogP contribution in [0.5, 0.6) is 0 Å². The van der Waals surface area contributed by atoms with Crippen LogP contribution < -0.4 is 0 Å². The second-order valence-corrected chi connectivity index (χ2v) is 13.8. The standard InChI is InChI=1S/C28H47NO4S.C4H4O4/c1-8-26(6)17-22(33-23(31)18-34-16-15-29(9-2)10-3)27(7)19(4)11-13-28(20(5)25(26)32)14-12-21(30)24(27)28;5-3(6)1-2-4(7)8/h8,19-20,22,24-25,32H,1,9-18H2,2-7H3;1-2H,(H,5,6)(H,7,8)/b;2-1+/t19-,20+,22-,24-,25+,26-,27-,28?;/m1./s1. The lowest BCUT2D eigenvalue weighted by Gasteiger charge is -2.61. The van der Waals surface area contributed by atoms with Crippen molar-refractivity contribution in [1.82, 2.24) is 4.90 Å². The van der Waals surface area contributed by atoms with Gasteiger partial charge in [-0.2, -0.15) is 0 Å². The van der Waals surface area contributed by atoms with E-state index in [9.17, 15) is 24.3 Å². The zero-order valence-corrected chi connectivity index (χ0v) is 27.0. The van der Waals surface area contributed by atoms with Crippen LogP contribution in [0.15, 0.2) is 24.8 Å². The van der Waals surface area contributed by atoms with E-state index >= 15 is 0 Å². The molecule has 3 saturated carbocycles. The number of esters is 1. The Morgan fingerprint density at radius 3 is 2.21 bits per heavy atom. The summed E-state index contributed by atoms with van der Waals surface area (Å²) in [6.07, 6.45) is 5.76. The average Bonchev–Trinajstić information content (AvgIpc) is 3.30. The third-order valence-electron chi connectivity index (χ3n) is 10.6. The molecule has 3 aliphatic carbocycles. The maximum absolute atomic E-state index is 13.4. The number of ether oxygens (including phenoxy) is 1. The number of carboxylic acid groups (broad SMARTS) is 2. The molecule has 2 bridgehead atoms. The molecular formula is C32H51NO8S. The van der Waals surface area contributed by atoms with E-state index in [0.717, 1.165) is 44.6 Å². The van der Waals surface area contributed by atoms with Crippen LogP contribution in [0.3, 0.4) is 0 Å². The number of aliphatic hydroxyl groups excluding tert-OH is 1. The first kappa shape index (κ1) is 36.0.